The predicted molar refractivity (Wildman–Crippen MR) is 271 cm³/mol. The number of hydrogen-bond donors (Lipinski definition) is 1. The topological polar surface area (TPSA) is 18.3 Å². The first kappa shape index (κ1) is 47.8. The number of allylic oxidation sites excluding steroid dienone is 7. The molecule has 0 spiro atoms. The minimum Gasteiger partial charge on any atom is -0.344 e. The van der Waals surface area contributed by atoms with E-state index < -0.39 is 0 Å². The zero-order chi connectivity index (χ0) is 45.3. The number of anilines is 1. The summed E-state index contributed by atoms with van der Waals surface area (Å²) < 4.78 is 4.60. The van der Waals surface area contributed by atoms with E-state index in [1.165, 1.54) is 71.5 Å². The quantitative estimate of drug-likeness (QED) is 0.114. The number of aryl methyl sites for hydroxylation is 2. The molecule has 0 bridgehead atoms. The number of nitrogens with zero attached hydrogens (tertiary/aromatic N) is 4. The van der Waals surface area contributed by atoms with Crippen molar-refractivity contribution in [1.29, 1.82) is 0 Å². The summed E-state index contributed by atoms with van der Waals surface area (Å²) in [6.07, 6.45) is 16.6. The van der Waals surface area contributed by atoms with Crippen molar-refractivity contribution in [2.24, 2.45) is 0 Å². The molecule has 5 nitrogen and oxygen atoms in total. The van der Waals surface area contributed by atoms with Gasteiger partial charge in [-0.3, -0.25) is 0 Å². The average molecular weight is 857 g/mol. The van der Waals surface area contributed by atoms with Crippen LogP contribution in [0.1, 0.15) is 108 Å². The normalized spacial score (nSPS) is 19.1. The maximum atomic E-state index is 3.66. The standard InChI is InChI=1S/C56H82N5S/c1-41-21-29-49-47(39-41)55(6,7)51(58(49)35-17-37-60(10,11)12)31-25-44-19-16-20-45(53(44)62-46-27-23-43(24-28-46)33-34-57-54(3,4)5)26-32-52-56(8,9)48-40-42(2)22-30-50(48)59(52)36-18-38-61(13,14)15/h21-32,39-40,57H,16-20,33-38H2,1-15H3/q+3. The molecular weight excluding hydrogens is 775 g/mol. The lowest BCUT2D eigenvalue weighted by atomic mass is 9.80. The van der Waals surface area contributed by atoms with Crippen LogP contribution in [0.2, 0.25) is 0 Å². The Hall–Kier alpha value is -3.68. The molecule has 0 aromatic heterocycles. The van der Waals surface area contributed by atoms with E-state index in [1.807, 2.05) is 11.8 Å². The lowest BCUT2D eigenvalue weighted by Crippen LogP contribution is -2.37. The summed E-state index contributed by atoms with van der Waals surface area (Å²) in [6, 6.07) is 23.6. The van der Waals surface area contributed by atoms with E-state index in [-0.39, 0.29) is 16.4 Å². The second kappa shape index (κ2) is 18.8. The van der Waals surface area contributed by atoms with Gasteiger partial charge >= 0.3 is 0 Å². The largest absolute Gasteiger partial charge is 0.344 e. The average Bonchev–Trinajstić information content (AvgIpc) is 3.50. The molecule has 2 aliphatic heterocycles. The van der Waals surface area contributed by atoms with Crippen molar-refractivity contribution in [3.63, 3.8) is 0 Å². The van der Waals surface area contributed by atoms with Gasteiger partial charge in [0.2, 0.25) is 5.69 Å². The fourth-order valence-electron chi connectivity index (χ4n) is 9.60. The molecule has 3 aromatic rings. The molecule has 1 N–H and O–H groups in total. The van der Waals surface area contributed by atoms with Crippen LogP contribution in [0, 0.1) is 13.8 Å². The molecular formula is C56H82N5S+3. The molecule has 6 heteroatoms. The van der Waals surface area contributed by atoms with E-state index >= 15 is 0 Å². The summed E-state index contributed by atoms with van der Waals surface area (Å²) in [5.74, 6) is 0. The highest BCUT2D eigenvalue weighted by molar-refractivity contribution is 8.03. The molecule has 6 rings (SSSR count). The lowest BCUT2D eigenvalue weighted by molar-refractivity contribution is -0.871. The van der Waals surface area contributed by atoms with Crippen molar-refractivity contribution >= 4 is 28.8 Å². The molecule has 0 fully saturated rings. The molecule has 1 aliphatic carbocycles. The van der Waals surface area contributed by atoms with Crippen molar-refractivity contribution < 1.29 is 13.5 Å². The summed E-state index contributed by atoms with van der Waals surface area (Å²) in [7, 11) is 13.8. The van der Waals surface area contributed by atoms with Gasteiger partial charge in [-0.25, -0.2) is 0 Å². The monoisotopic (exact) mass is 857 g/mol. The first-order valence-corrected chi connectivity index (χ1v) is 24.4. The Balaban J connectivity index is 1.42. The van der Waals surface area contributed by atoms with Gasteiger partial charge in [-0.1, -0.05) is 79.2 Å². The van der Waals surface area contributed by atoms with Crippen LogP contribution < -0.4 is 10.2 Å². The van der Waals surface area contributed by atoms with Crippen LogP contribution in [0.25, 0.3) is 0 Å². The van der Waals surface area contributed by atoms with Gasteiger partial charge in [0.15, 0.2) is 12.3 Å². The first-order valence-electron chi connectivity index (χ1n) is 23.5. The van der Waals surface area contributed by atoms with E-state index in [9.17, 15) is 0 Å². The SMILES string of the molecule is Cc1ccc2c(c1)C(C)(C)C(/C=C/C1=C(Sc3ccc(CCNC(C)(C)C)cc3)C(=C/C=C3/N(CCC[N+](C)(C)C)c4ccc(C)cc4C3(C)C)/CCC1)=[N+]2CCC[N+](C)(C)C. The number of benzene rings is 3. The minimum absolute atomic E-state index is 0.0888. The number of nitrogens with one attached hydrogen (secondary N) is 1. The molecule has 3 aromatic carbocycles. The molecule has 0 saturated heterocycles. The molecule has 2 heterocycles. The van der Waals surface area contributed by atoms with Crippen molar-refractivity contribution in [2.75, 3.05) is 79.9 Å². The lowest BCUT2D eigenvalue weighted by Gasteiger charge is -2.29. The Kier molecular flexibility index (Phi) is 14.5. The third-order valence-electron chi connectivity index (χ3n) is 13.1. The van der Waals surface area contributed by atoms with Crippen LogP contribution in [-0.2, 0) is 17.3 Å². The molecule has 0 saturated carbocycles. The van der Waals surface area contributed by atoms with Crippen molar-refractivity contribution in [3.05, 3.63) is 135 Å². The summed E-state index contributed by atoms with van der Waals surface area (Å²) in [5.41, 5.74) is 15.4. The summed E-state index contributed by atoms with van der Waals surface area (Å²) in [4.78, 5) is 5.37. The smallest absolute Gasteiger partial charge is 0.209 e. The number of rotatable bonds is 16. The summed E-state index contributed by atoms with van der Waals surface area (Å²) >= 11 is 1.97. The third-order valence-corrected chi connectivity index (χ3v) is 14.3. The highest BCUT2D eigenvalue weighted by atomic mass is 32.2. The van der Waals surface area contributed by atoms with Gasteiger partial charge in [-0.05, 0) is 133 Å². The van der Waals surface area contributed by atoms with Gasteiger partial charge in [0.25, 0.3) is 0 Å². The Morgan fingerprint density at radius 2 is 1.40 bits per heavy atom. The molecule has 0 atom stereocenters. The maximum Gasteiger partial charge on any atom is 0.209 e. The van der Waals surface area contributed by atoms with Gasteiger partial charge in [-0.15, -0.1) is 0 Å². The van der Waals surface area contributed by atoms with Gasteiger partial charge in [0.1, 0.15) is 0 Å². The molecule has 0 radical (unpaired) electrons. The van der Waals surface area contributed by atoms with Crippen LogP contribution in [0.5, 0.6) is 0 Å². The molecule has 334 valence electrons. The van der Waals surface area contributed by atoms with Crippen molar-refractivity contribution in [3.8, 4) is 0 Å². The summed E-state index contributed by atoms with van der Waals surface area (Å²) in [6.45, 7) is 26.2. The van der Waals surface area contributed by atoms with E-state index in [2.05, 4.69) is 204 Å². The molecule has 3 aliphatic rings. The number of hydrogen-bond acceptors (Lipinski definition) is 3. The van der Waals surface area contributed by atoms with Gasteiger partial charge in [0, 0.05) is 62.8 Å². The number of fused-ring (bicyclic) bond motifs is 2. The predicted octanol–water partition coefficient (Wildman–Crippen LogP) is 12.2. The highest BCUT2D eigenvalue weighted by Crippen LogP contribution is 2.49. The van der Waals surface area contributed by atoms with E-state index in [0.29, 0.717) is 0 Å². The van der Waals surface area contributed by atoms with E-state index in [1.54, 1.807) is 0 Å². The molecule has 0 unspecified atom stereocenters. The number of thioether (sulfide) groups is 1. The van der Waals surface area contributed by atoms with Crippen LogP contribution in [0.15, 0.2) is 112 Å². The fraction of sp³-hybridized carbons (Fsp3) is 0.518. The zero-order valence-electron chi connectivity index (χ0n) is 41.6. The van der Waals surface area contributed by atoms with Crippen LogP contribution in [0.3, 0.4) is 0 Å². The second-order valence-electron chi connectivity index (χ2n) is 22.7. The van der Waals surface area contributed by atoms with Gasteiger partial charge in [-0.2, -0.15) is 4.58 Å². The van der Waals surface area contributed by atoms with Crippen LogP contribution in [-0.4, -0.2) is 99.8 Å². The van der Waals surface area contributed by atoms with Crippen molar-refractivity contribution in [2.45, 2.75) is 122 Å². The molecule has 62 heavy (non-hydrogen) atoms. The maximum absolute atomic E-state index is 3.66. The first-order chi connectivity index (χ1) is 28.9. The summed E-state index contributed by atoms with van der Waals surface area (Å²) in [5, 5.41) is 3.66. The minimum atomic E-state index is -0.0888. The highest BCUT2D eigenvalue weighted by Gasteiger charge is 2.44. The Labute approximate surface area is 382 Å². The Morgan fingerprint density at radius 3 is 2.06 bits per heavy atom. The van der Waals surface area contributed by atoms with Gasteiger partial charge in [0.05, 0.1) is 67.2 Å². The Morgan fingerprint density at radius 1 is 0.758 bits per heavy atom. The van der Waals surface area contributed by atoms with Crippen molar-refractivity contribution in [1.82, 2.24) is 5.32 Å². The van der Waals surface area contributed by atoms with E-state index in [4.69, 9.17) is 0 Å². The fourth-order valence-corrected chi connectivity index (χ4v) is 10.7. The van der Waals surface area contributed by atoms with Gasteiger partial charge < -0.3 is 19.2 Å². The zero-order valence-corrected chi connectivity index (χ0v) is 42.4. The molecule has 0 amide bonds. The second-order valence-corrected chi connectivity index (χ2v) is 23.8. The number of quaternary nitrogens is 2. The van der Waals surface area contributed by atoms with Crippen LogP contribution in [0.4, 0.5) is 11.4 Å². The van der Waals surface area contributed by atoms with E-state index in [0.717, 1.165) is 80.2 Å². The Bertz CT molecular complexity index is 2240. The third kappa shape index (κ3) is 11.7. The van der Waals surface area contributed by atoms with Crippen LogP contribution >= 0.6 is 11.8 Å².